The van der Waals surface area contributed by atoms with Crippen molar-refractivity contribution in [3.8, 4) is 0 Å². The number of hydrogen-bond donors (Lipinski definition) is 4. The number of amides is 3. The van der Waals surface area contributed by atoms with Crippen LogP contribution in [0, 0.1) is 0 Å². The molecule has 3 amide bonds. The molecule has 2 fully saturated rings. The van der Waals surface area contributed by atoms with Crippen LogP contribution in [0.5, 0.6) is 0 Å². The summed E-state index contributed by atoms with van der Waals surface area (Å²) < 4.78 is 0. The number of carbonyl (C=O) groups is 3. The van der Waals surface area contributed by atoms with E-state index in [4.69, 9.17) is 5.11 Å². The Morgan fingerprint density at radius 2 is 1.84 bits per heavy atom. The van der Waals surface area contributed by atoms with Crippen molar-refractivity contribution in [2.75, 3.05) is 6.54 Å². The Labute approximate surface area is 148 Å². The topological polar surface area (TPSA) is 111 Å². The Bertz CT molecular complexity index is 531. The molecule has 1 aliphatic heterocycles. The summed E-state index contributed by atoms with van der Waals surface area (Å²) in [4.78, 5) is 36.8. The number of nitrogens with zero attached hydrogens (tertiary/aromatic N) is 1. The van der Waals surface area contributed by atoms with Gasteiger partial charge in [0.1, 0.15) is 6.04 Å². The third-order valence-corrected chi connectivity index (χ3v) is 4.78. The lowest BCUT2D eigenvalue weighted by Gasteiger charge is -2.43. The maximum Gasteiger partial charge on any atom is 0.405 e. The van der Waals surface area contributed by atoms with E-state index in [2.05, 4.69) is 36.7 Å². The van der Waals surface area contributed by atoms with Gasteiger partial charge in [0.25, 0.3) is 0 Å². The Balaban J connectivity index is 2.07. The average molecular weight is 354 g/mol. The van der Waals surface area contributed by atoms with E-state index in [1.165, 1.54) is 6.92 Å². The fraction of sp³-hybridized carbons (Fsp3) is 0.824. The molecule has 1 saturated carbocycles. The second-order valence-corrected chi connectivity index (χ2v) is 8.10. The van der Waals surface area contributed by atoms with Crippen molar-refractivity contribution in [3.63, 3.8) is 0 Å². The molecular weight excluding hydrogens is 324 g/mol. The van der Waals surface area contributed by atoms with Crippen molar-refractivity contribution in [1.82, 2.24) is 20.9 Å². The number of rotatable bonds is 4. The number of nitrogens with one attached hydrogen (secondary N) is 3. The van der Waals surface area contributed by atoms with Gasteiger partial charge >= 0.3 is 6.09 Å². The lowest BCUT2D eigenvalue weighted by molar-refractivity contribution is -0.133. The van der Waals surface area contributed by atoms with E-state index in [1.54, 1.807) is 4.90 Å². The Kier molecular flexibility index (Phi) is 5.92. The molecule has 2 aliphatic rings. The normalized spacial score (nSPS) is 30.2. The highest BCUT2D eigenvalue weighted by molar-refractivity contribution is 5.87. The van der Waals surface area contributed by atoms with Gasteiger partial charge in [0.2, 0.25) is 11.8 Å². The summed E-state index contributed by atoms with van der Waals surface area (Å²) in [7, 11) is 0. The molecule has 142 valence electrons. The minimum Gasteiger partial charge on any atom is -0.465 e. The first-order valence-electron chi connectivity index (χ1n) is 8.91. The molecule has 25 heavy (non-hydrogen) atoms. The zero-order chi connectivity index (χ0) is 18.8. The Hall–Kier alpha value is -1.83. The summed E-state index contributed by atoms with van der Waals surface area (Å²) >= 11 is 0. The van der Waals surface area contributed by atoms with Gasteiger partial charge in [-0.2, -0.15) is 0 Å². The van der Waals surface area contributed by atoms with Gasteiger partial charge in [0, 0.05) is 25.0 Å². The van der Waals surface area contributed by atoms with Crippen molar-refractivity contribution >= 4 is 17.9 Å². The summed E-state index contributed by atoms with van der Waals surface area (Å²) in [5, 5.41) is 17.7. The molecular formula is C17H30N4O4. The third kappa shape index (κ3) is 5.32. The molecule has 8 nitrogen and oxygen atoms in total. The molecule has 0 aromatic rings. The molecule has 8 heteroatoms. The van der Waals surface area contributed by atoms with Gasteiger partial charge in [-0.15, -0.1) is 0 Å². The van der Waals surface area contributed by atoms with Gasteiger partial charge in [-0.3, -0.25) is 9.59 Å². The monoisotopic (exact) mass is 354 g/mol. The van der Waals surface area contributed by atoms with Crippen LogP contribution in [0.25, 0.3) is 0 Å². The van der Waals surface area contributed by atoms with Crippen LogP contribution < -0.4 is 16.0 Å². The van der Waals surface area contributed by atoms with Crippen molar-refractivity contribution in [1.29, 1.82) is 0 Å². The predicted molar refractivity (Wildman–Crippen MR) is 93.2 cm³/mol. The molecule has 0 radical (unpaired) electrons. The maximum atomic E-state index is 12.6. The third-order valence-electron chi connectivity index (χ3n) is 4.78. The van der Waals surface area contributed by atoms with E-state index in [1.807, 2.05) is 0 Å². The first-order valence-corrected chi connectivity index (χ1v) is 8.91. The fourth-order valence-electron chi connectivity index (χ4n) is 4.00. The van der Waals surface area contributed by atoms with E-state index in [-0.39, 0.29) is 35.5 Å². The quantitative estimate of drug-likeness (QED) is 0.593. The second kappa shape index (κ2) is 7.59. The molecule has 4 atom stereocenters. The summed E-state index contributed by atoms with van der Waals surface area (Å²) in [6.07, 6.45) is 1.74. The smallest absolute Gasteiger partial charge is 0.405 e. The van der Waals surface area contributed by atoms with Gasteiger partial charge in [0.05, 0.1) is 12.1 Å². The highest BCUT2D eigenvalue weighted by Gasteiger charge is 2.42. The average Bonchev–Trinajstić information content (AvgIpc) is 2.77. The highest BCUT2D eigenvalue weighted by atomic mass is 16.4. The predicted octanol–water partition coefficient (Wildman–Crippen LogP) is 0.669. The molecule has 0 aromatic heterocycles. The SMILES string of the molecule is CC(=O)NC1CC(NC(C)(C)C)CCC1N1CC[C@H](NC(=O)O)C1=O. The van der Waals surface area contributed by atoms with E-state index < -0.39 is 12.1 Å². The van der Waals surface area contributed by atoms with Crippen LogP contribution >= 0.6 is 0 Å². The molecule has 0 aromatic carbocycles. The largest absolute Gasteiger partial charge is 0.465 e. The number of likely N-dealkylation sites (tertiary alicyclic amines) is 1. The van der Waals surface area contributed by atoms with Crippen molar-refractivity contribution in [2.45, 2.75) is 83.1 Å². The van der Waals surface area contributed by atoms with Crippen molar-refractivity contribution < 1.29 is 19.5 Å². The molecule has 3 unspecified atom stereocenters. The summed E-state index contributed by atoms with van der Waals surface area (Å²) in [5.41, 5.74) is -0.0156. The van der Waals surface area contributed by atoms with Crippen molar-refractivity contribution in [2.24, 2.45) is 0 Å². The van der Waals surface area contributed by atoms with Crippen LogP contribution in [0.3, 0.4) is 0 Å². The Morgan fingerprint density at radius 3 is 2.40 bits per heavy atom. The number of carboxylic acid groups (broad SMARTS) is 1. The minimum absolute atomic E-state index is 0.0156. The van der Waals surface area contributed by atoms with Gasteiger partial charge in [-0.1, -0.05) is 0 Å². The highest BCUT2D eigenvalue weighted by Crippen LogP contribution is 2.28. The molecule has 0 bridgehead atoms. The summed E-state index contributed by atoms with van der Waals surface area (Å²) in [6, 6.07) is -0.617. The van der Waals surface area contributed by atoms with Gasteiger partial charge in [0.15, 0.2) is 0 Å². The van der Waals surface area contributed by atoms with Crippen LogP contribution in [0.1, 0.15) is 53.4 Å². The lowest BCUT2D eigenvalue weighted by Crippen LogP contribution is -2.59. The molecule has 0 spiro atoms. The van der Waals surface area contributed by atoms with Crippen LogP contribution in [0.15, 0.2) is 0 Å². The van der Waals surface area contributed by atoms with Gasteiger partial charge in [-0.05, 0) is 46.5 Å². The van der Waals surface area contributed by atoms with E-state index in [9.17, 15) is 14.4 Å². The van der Waals surface area contributed by atoms with Crippen molar-refractivity contribution in [3.05, 3.63) is 0 Å². The zero-order valence-corrected chi connectivity index (χ0v) is 15.5. The van der Waals surface area contributed by atoms with Gasteiger partial charge in [-0.25, -0.2) is 4.79 Å². The van der Waals surface area contributed by atoms with E-state index in [0.29, 0.717) is 13.0 Å². The van der Waals surface area contributed by atoms with Gasteiger partial charge < -0.3 is 26.0 Å². The molecule has 1 aliphatic carbocycles. The zero-order valence-electron chi connectivity index (χ0n) is 15.5. The fourth-order valence-corrected chi connectivity index (χ4v) is 4.00. The molecule has 4 N–H and O–H groups in total. The van der Waals surface area contributed by atoms with Crippen LogP contribution in [0.4, 0.5) is 4.79 Å². The standard InChI is InChI=1S/C17H30N4O4/c1-10(22)18-13-9-11(20-17(2,3)4)5-6-14(13)21-8-7-12(15(21)23)19-16(24)25/h11-14,19-20H,5-9H2,1-4H3,(H,18,22)(H,24,25)/t11?,12-,13?,14?/m0/s1. The Morgan fingerprint density at radius 1 is 1.16 bits per heavy atom. The molecule has 1 heterocycles. The molecule has 1 saturated heterocycles. The second-order valence-electron chi connectivity index (χ2n) is 8.10. The maximum absolute atomic E-state index is 12.6. The van der Waals surface area contributed by atoms with Crippen LogP contribution in [-0.2, 0) is 9.59 Å². The van der Waals surface area contributed by atoms with E-state index >= 15 is 0 Å². The van der Waals surface area contributed by atoms with E-state index in [0.717, 1.165) is 19.3 Å². The first kappa shape index (κ1) is 19.5. The first-order chi connectivity index (χ1) is 11.6. The number of hydrogen-bond acceptors (Lipinski definition) is 4. The summed E-state index contributed by atoms with van der Waals surface area (Å²) in [6.45, 7) is 8.33. The van der Waals surface area contributed by atoms with Crippen LogP contribution in [0.2, 0.25) is 0 Å². The number of carbonyl (C=O) groups excluding carboxylic acids is 2. The lowest BCUT2D eigenvalue weighted by atomic mass is 9.84. The summed E-state index contributed by atoms with van der Waals surface area (Å²) in [5.74, 6) is -0.303. The molecule has 2 rings (SSSR count). The minimum atomic E-state index is -1.18. The van der Waals surface area contributed by atoms with Crippen LogP contribution in [-0.4, -0.2) is 64.2 Å².